The van der Waals surface area contributed by atoms with Crippen molar-refractivity contribution in [2.75, 3.05) is 6.61 Å². The molecule has 0 bridgehead atoms. The Morgan fingerprint density at radius 1 is 1.00 bits per heavy atom. The number of rotatable bonds is 9. The number of halogens is 2. The van der Waals surface area contributed by atoms with Gasteiger partial charge in [0.2, 0.25) is 5.88 Å². The van der Waals surface area contributed by atoms with Gasteiger partial charge in [-0.15, -0.1) is 0 Å². The van der Waals surface area contributed by atoms with Crippen LogP contribution in [-0.4, -0.2) is 12.6 Å². The van der Waals surface area contributed by atoms with E-state index in [1.165, 1.54) is 17.7 Å². The van der Waals surface area contributed by atoms with Gasteiger partial charge in [-0.25, -0.2) is 4.79 Å². The summed E-state index contributed by atoms with van der Waals surface area (Å²) in [4.78, 5) is 12.5. The van der Waals surface area contributed by atoms with Crippen LogP contribution in [0.5, 0.6) is 23.0 Å². The van der Waals surface area contributed by atoms with Gasteiger partial charge in [0.15, 0.2) is 11.5 Å². The van der Waals surface area contributed by atoms with Crippen molar-refractivity contribution in [1.29, 1.82) is 5.26 Å². The molecule has 0 saturated carbocycles. The quantitative estimate of drug-likeness (QED) is 0.114. The van der Waals surface area contributed by atoms with Gasteiger partial charge in [-0.2, -0.15) is 5.26 Å². The van der Waals surface area contributed by atoms with Gasteiger partial charge in [-0.1, -0.05) is 71.2 Å². The molecular formula is C35H28Cl2N2O5. The zero-order valence-electron chi connectivity index (χ0n) is 24.0. The molecule has 2 N–H and O–H groups in total. The first-order valence-corrected chi connectivity index (χ1v) is 14.5. The Labute approximate surface area is 265 Å². The summed E-state index contributed by atoms with van der Waals surface area (Å²) in [7, 11) is 0. The van der Waals surface area contributed by atoms with Crippen LogP contribution in [0.4, 0.5) is 0 Å². The molecule has 0 aliphatic carbocycles. The van der Waals surface area contributed by atoms with E-state index in [9.17, 15) is 10.1 Å². The lowest BCUT2D eigenvalue weighted by molar-refractivity contribution is -0.128. The summed E-state index contributed by atoms with van der Waals surface area (Å²) in [5.74, 6) is 0.510. The molecule has 44 heavy (non-hydrogen) atoms. The molecule has 0 fully saturated rings. The van der Waals surface area contributed by atoms with Gasteiger partial charge in [0.25, 0.3) is 0 Å². The second kappa shape index (κ2) is 13.6. The van der Waals surface area contributed by atoms with E-state index in [2.05, 4.69) is 6.07 Å². The molecule has 1 atom stereocenters. The van der Waals surface area contributed by atoms with Crippen molar-refractivity contribution in [1.82, 2.24) is 0 Å². The summed E-state index contributed by atoms with van der Waals surface area (Å²) in [5, 5.41) is 10.9. The summed E-state index contributed by atoms with van der Waals surface area (Å²) < 4.78 is 23.3. The van der Waals surface area contributed by atoms with E-state index in [-0.39, 0.29) is 17.2 Å². The predicted octanol–water partition coefficient (Wildman–Crippen LogP) is 8.12. The molecule has 0 amide bonds. The first kappa shape index (κ1) is 30.6. The molecule has 222 valence electrons. The number of carbonyl (C=O) groups is 1. The second-order valence-electron chi connectivity index (χ2n) is 9.96. The summed E-state index contributed by atoms with van der Waals surface area (Å²) >= 11 is 12.1. The van der Waals surface area contributed by atoms with Gasteiger partial charge in [0.1, 0.15) is 29.7 Å². The Kier molecular flexibility index (Phi) is 9.44. The number of nitrogens with two attached hydrogens (primary N) is 1. The van der Waals surface area contributed by atoms with Gasteiger partial charge >= 0.3 is 5.97 Å². The predicted molar refractivity (Wildman–Crippen MR) is 170 cm³/mol. The SMILES string of the molecule is CCOc1cc(C2C(C#N)=C(N)Oc3cc(OC(=O)/C=C/c4ccc(Cl)cc4Cl)ccc32)ccc1OCc1ccc(C)cc1. The van der Waals surface area contributed by atoms with Crippen molar-refractivity contribution in [3.8, 4) is 29.1 Å². The van der Waals surface area contributed by atoms with Crippen LogP contribution in [0.25, 0.3) is 6.08 Å². The van der Waals surface area contributed by atoms with E-state index in [1.54, 1.807) is 36.4 Å². The molecule has 5 rings (SSSR count). The zero-order valence-corrected chi connectivity index (χ0v) is 25.5. The molecular weight excluding hydrogens is 599 g/mol. The lowest BCUT2D eigenvalue weighted by atomic mass is 9.83. The lowest BCUT2D eigenvalue weighted by Gasteiger charge is -2.27. The number of allylic oxidation sites excluding steroid dienone is 1. The number of fused-ring (bicyclic) bond motifs is 1. The minimum atomic E-state index is -0.618. The molecule has 0 saturated heterocycles. The lowest BCUT2D eigenvalue weighted by Crippen LogP contribution is -2.21. The minimum absolute atomic E-state index is 0.0385. The maximum absolute atomic E-state index is 12.5. The third-order valence-electron chi connectivity index (χ3n) is 6.89. The Morgan fingerprint density at radius 2 is 1.80 bits per heavy atom. The van der Waals surface area contributed by atoms with Gasteiger partial charge in [0, 0.05) is 27.8 Å². The number of aryl methyl sites for hydroxylation is 1. The van der Waals surface area contributed by atoms with Crippen molar-refractivity contribution >= 4 is 35.2 Å². The van der Waals surface area contributed by atoms with Crippen molar-refractivity contribution in [2.24, 2.45) is 5.73 Å². The molecule has 7 nitrogen and oxygen atoms in total. The van der Waals surface area contributed by atoms with Crippen molar-refractivity contribution in [3.63, 3.8) is 0 Å². The molecule has 0 radical (unpaired) electrons. The number of nitriles is 1. The number of hydrogen-bond donors (Lipinski definition) is 1. The molecule has 4 aromatic rings. The molecule has 9 heteroatoms. The average Bonchev–Trinajstić information content (AvgIpc) is 3.00. The highest BCUT2D eigenvalue weighted by Gasteiger charge is 2.32. The average molecular weight is 628 g/mol. The standard InChI is InChI=1S/C35H28Cl2N2O5/c1-3-41-32-16-24(9-14-30(32)42-20-22-6-4-21(2)5-7-22)34-27-13-12-26(18-31(27)44-35(39)28(34)19-38)43-33(40)15-10-23-8-11-25(36)17-29(23)37/h4-18,34H,3,20,39H2,1-2H3/b15-10+. The van der Waals surface area contributed by atoms with Gasteiger partial charge in [-0.3, -0.25) is 0 Å². The van der Waals surface area contributed by atoms with Crippen LogP contribution in [0.2, 0.25) is 10.0 Å². The number of ether oxygens (including phenoxy) is 4. The van der Waals surface area contributed by atoms with Crippen molar-refractivity contribution in [2.45, 2.75) is 26.4 Å². The van der Waals surface area contributed by atoms with Crippen molar-refractivity contribution in [3.05, 3.63) is 134 Å². The maximum atomic E-state index is 12.5. The van der Waals surface area contributed by atoms with Crippen LogP contribution in [-0.2, 0) is 11.4 Å². The largest absolute Gasteiger partial charge is 0.490 e. The summed E-state index contributed by atoms with van der Waals surface area (Å²) in [6.07, 6.45) is 2.80. The topological polar surface area (TPSA) is 104 Å². The molecule has 1 aliphatic rings. The van der Waals surface area contributed by atoms with E-state index in [4.69, 9.17) is 47.9 Å². The number of nitrogens with zero attached hydrogens (tertiary/aromatic N) is 1. The van der Waals surface area contributed by atoms with Gasteiger partial charge < -0.3 is 24.7 Å². The second-order valence-corrected chi connectivity index (χ2v) is 10.8. The van der Waals surface area contributed by atoms with Gasteiger partial charge in [-0.05, 0) is 66.9 Å². The first-order chi connectivity index (χ1) is 21.2. The number of hydrogen-bond acceptors (Lipinski definition) is 7. The van der Waals surface area contributed by atoms with E-state index < -0.39 is 11.9 Å². The zero-order chi connectivity index (χ0) is 31.2. The fourth-order valence-corrected chi connectivity index (χ4v) is 5.20. The van der Waals surface area contributed by atoms with Crippen LogP contribution in [0.15, 0.2) is 96.4 Å². The summed E-state index contributed by atoms with van der Waals surface area (Å²) in [6.45, 7) is 4.72. The smallest absolute Gasteiger partial charge is 0.336 e. The van der Waals surface area contributed by atoms with E-state index in [1.807, 2.05) is 56.3 Å². The van der Waals surface area contributed by atoms with E-state index in [0.717, 1.165) is 11.1 Å². The highest BCUT2D eigenvalue weighted by atomic mass is 35.5. The number of benzene rings is 4. The Hall–Kier alpha value is -4.90. The Bertz CT molecular complexity index is 1810. The monoisotopic (exact) mass is 626 g/mol. The van der Waals surface area contributed by atoms with Gasteiger partial charge in [0.05, 0.1) is 12.5 Å². The third kappa shape index (κ3) is 7.00. The van der Waals surface area contributed by atoms with Crippen LogP contribution >= 0.6 is 23.2 Å². The number of carbonyl (C=O) groups excluding carboxylic acids is 1. The molecule has 1 heterocycles. The molecule has 4 aromatic carbocycles. The van der Waals surface area contributed by atoms with Crippen LogP contribution in [0.1, 0.15) is 40.7 Å². The van der Waals surface area contributed by atoms with Crippen LogP contribution in [0.3, 0.4) is 0 Å². The molecule has 0 aromatic heterocycles. The Balaban J connectivity index is 1.39. The molecule has 1 unspecified atom stereocenters. The molecule has 0 spiro atoms. The third-order valence-corrected chi connectivity index (χ3v) is 7.45. The minimum Gasteiger partial charge on any atom is -0.490 e. The van der Waals surface area contributed by atoms with E-state index >= 15 is 0 Å². The molecule has 1 aliphatic heterocycles. The summed E-state index contributed by atoms with van der Waals surface area (Å²) in [6, 6.07) is 25.7. The van der Waals surface area contributed by atoms with Crippen LogP contribution < -0.4 is 24.7 Å². The number of esters is 1. The highest BCUT2D eigenvalue weighted by Crippen LogP contribution is 2.45. The maximum Gasteiger partial charge on any atom is 0.336 e. The normalized spacial score (nSPS) is 14.0. The fraction of sp³-hybridized carbons (Fsp3) is 0.143. The Morgan fingerprint density at radius 3 is 2.52 bits per heavy atom. The highest BCUT2D eigenvalue weighted by molar-refractivity contribution is 6.35. The van der Waals surface area contributed by atoms with E-state index in [0.29, 0.717) is 51.6 Å². The van der Waals surface area contributed by atoms with Crippen molar-refractivity contribution < 1.29 is 23.7 Å². The summed E-state index contributed by atoms with van der Waals surface area (Å²) in [5.41, 5.74) is 10.7. The van der Waals surface area contributed by atoms with Crippen LogP contribution in [0, 0.1) is 18.3 Å². The fourth-order valence-electron chi connectivity index (χ4n) is 4.72. The first-order valence-electron chi connectivity index (χ1n) is 13.8.